The second-order valence-corrected chi connectivity index (χ2v) is 7.42. The molecule has 1 saturated heterocycles. The topological polar surface area (TPSA) is 73.8 Å². The van der Waals surface area contributed by atoms with Crippen LogP contribution in [0.15, 0.2) is 35.3 Å². The van der Waals surface area contributed by atoms with Crippen molar-refractivity contribution in [1.82, 2.24) is 15.5 Å². The molecule has 2 amide bonds. The van der Waals surface area contributed by atoms with E-state index in [1.54, 1.807) is 7.05 Å². The fraction of sp³-hybridized carbons (Fsp3) is 0.450. The molecule has 148 valence electrons. The molecule has 28 heavy (non-hydrogen) atoms. The molecule has 2 fully saturated rings. The number of amides is 2. The quantitative estimate of drug-likeness (QED) is 0.347. The molecule has 1 saturated carbocycles. The second kappa shape index (κ2) is 7.33. The summed E-state index contributed by atoms with van der Waals surface area (Å²) in [6.45, 7) is 0.730. The van der Waals surface area contributed by atoms with E-state index in [4.69, 9.17) is 0 Å². The number of likely N-dealkylation sites (tertiary alicyclic amines) is 1. The molecule has 0 aromatic heterocycles. The van der Waals surface area contributed by atoms with Crippen molar-refractivity contribution in [2.45, 2.75) is 13.0 Å². The molecular formula is C20H22F2N4O2. The number of carbonyl (C=O) groups excluding carboxylic acids is 2. The van der Waals surface area contributed by atoms with Crippen molar-refractivity contribution >= 4 is 17.8 Å². The Labute approximate surface area is 161 Å². The fourth-order valence-electron chi connectivity index (χ4n) is 4.54. The van der Waals surface area contributed by atoms with Crippen molar-refractivity contribution in [3.63, 3.8) is 0 Å². The number of fused-ring (bicyclic) bond motifs is 5. The standard InChI is InChI=1S/C20H22F2N4O2/c1-23-20(25-10-13-4-5-14(21)9-15(13)22)24-6-7-26-18(27)16-11-2-3-12(8-11)17(16)19(26)28/h2-5,9,11-12,16-17H,6-8,10H2,1H3,(H2,23,24,25). The van der Waals surface area contributed by atoms with Crippen molar-refractivity contribution < 1.29 is 18.4 Å². The number of aliphatic imine (C=N–C) groups is 1. The Morgan fingerprint density at radius 1 is 1.14 bits per heavy atom. The highest BCUT2D eigenvalue weighted by Crippen LogP contribution is 2.52. The first-order chi connectivity index (χ1) is 13.5. The first-order valence-corrected chi connectivity index (χ1v) is 9.41. The Morgan fingerprint density at radius 2 is 1.82 bits per heavy atom. The van der Waals surface area contributed by atoms with E-state index < -0.39 is 11.6 Å². The van der Waals surface area contributed by atoms with Gasteiger partial charge in [0.2, 0.25) is 11.8 Å². The Bertz CT molecular complexity index is 840. The maximum Gasteiger partial charge on any atom is 0.233 e. The molecule has 1 aromatic rings. The number of imide groups is 1. The minimum atomic E-state index is -0.633. The summed E-state index contributed by atoms with van der Waals surface area (Å²) in [6.07, 6.45) is 5.05. The van der Waals surface area contributed by atoms with E-state index in [1.807, 2.05) is 0 Å². The number of nitrogens with zero attached hydrogens (tertiary/aromatic N) is 2. The molecule has 3 aliphatic rings. The maximum atomic E-state index is 13.7. The van der Waals surface area contributed by atoms with Crippen LogP contribution in [0.4, 0.5) is 8.78 Å². The van der Waals surface area contributed by atoms with E-state index >= 15 is 0 Å². The number of guanidine groups is 1. The highest BCUT2D eigenvalue weighted by molar-refractivity contribution is 6.06. The van der Waals surface area contributed by atoms with Gasteiger partial charge in [-0.1, -0.05) is 18.2 Å². The molecule has 4 unspecified atom stereocenters. The molecule has 4 atom stereocenters. The Kier molecular flexibility index (Phi) is 4.87. The zero-order chi connectivity index (χ0) is 19.8. The number of rotatable bonds is 5. The van der Waals surface area contributed by atoms with Crippen LogP contribution in [0.2, 0.25) is 0 Å². The lowest BCUT2D eigenvalue weighted by Gasteiger charge is -2.18. The largest absolute Gasteiger partial charge is 0.355 e. The minimum Gasteiger partial charge on any atom is -0.355 e. The van der Waals surface area contributed by atoms with E-state index in [0.717, 1.165) is 12.5 Å². The van der Waals surface area contributed by atoms with E-state index in [-0.39, 0.29) is 48.6 Å². The predicted octanol–water partition coefficient (Wildman–Crippen LogP) is 1.44. The number of carbonyl (C=O) groups is 2. The predicted molar refractivity (Wildman–Crippen MR) is 99.0 cm³/mol. The van der Waals surface area contributed by atoms with Gasteiger partial charge < -0.3 is 10.6 Å². The van der Waals surface area contributed by atoms with Crippen molar-refractivity contribution in [3.8, 4) is 0 Å². The smallest absolute Gasteiger partial charge is 0.233 e. The van der Waals surface area contributed by atoms with Crippen LogP contribution in [0, 0.1) is 35.3 Å². The summed E-state index contributed by atoms with van der Waals surface area (Å²) in [4.78, 5) is 30.7. The number of hydrogen-bond donors (Lipinski definition) is 2. The number of nitrogens with one attached hydrogen (secondary N) is 2. The van der Waals surface area contributed by atoms with Gasteiger partial charge in [0.25, 0.3) is 0 Å². The lowest BCUT2D eigenvalue weighted by molar-refractivity contribution is -0.140. The number of allylic oxidation sites excluding steroid dienone is 2. The molecule has 2 aliphatic carbocycles. The molecule has 8 heteroatoms. The highest BCUT2D eigenvalue weighted by Gasteiger charge is 2.58. The summed E-state index contributed by atoms with van der Waals surface area (Å²) in [5, 5.41) is 5.96. The molecule has 4 rings (SSSR count). The lowest BCUT2D eigenvalue weighted by Crippen LogP contribution is -2.43. The van der Waals surface area contributed by atoms with Crippen LogP contribution in [0.25, 0.3) is 0 Å². The summed E-state index contributed by atoms with van der Waals surface area (Å²) in [5.74, 6) is -1.00. The van der Waals surface area contributed by atoms with Crippen LogP contribution in [0.5, 0.6) is 0 Å². The van der Waals surface area contributed by atoms with E-state index in [0.29, 0.717) is 18.1 Å². The van der Waals surface area contributed by atoms with Crippen molar-refractivity contribution in [3.05, 3.63) is 47.5 Å². The van der Waals surface area contributed by atoms with E-state index in [9.17, 15) is 18.4 Å². The third-order valence-corrected chi connectivity index (χ3v) is 5.87. The average Bonchev–Trinajstić information content (AvgIpc) is 3.35. The van der Waals surface area contributed by atoms with Gasteiger partial charge in [-0.15, -0.1) is 0 Å². The lowest BCUT2D eigenvalue weighted by atomic mass is 9.85. The van der Waals surface area contributed by atoms with Gasteiger partial charge in [-0.3, -0.25) is 19.5 Å². The Morgan fingerprint density at radius 3 is 2.43 bits per heavy atom. The monoisotopic (exact) mass is 388 g/mol. The highest BCUT2D eigenvalue weighted by atomic mass is 19.1. The molecule has 6 nitrogen and oxygen atoms in total. The van der Waals surface area contributed by atoms with E-state index in [2.05, 4.69) is 27.8 Å². The third kappa shape index (κ3) is 3.16. The normalized spacial score (nSPS) is 28.2. The van der Waals surface area contributed by atoms with Crippen LogP contribution in [0.3, 0.4) is 0 Å². The summed E-state index contributed by atoms with van der Waals surface area (Å²) in [5.41, 5.74) is 0.310. The summed E-state index contributed by atoms with van der Waals surface area (Å²) < 4.78 is 26.7. The molecule has 1 heterocycles. The maximum absolute atomic E-state index is 13.7. The van der Waals surface area contributed by atoms with Crippen LogP contribution in [-0.4, -0.2) is 42.8 Å². The molecular weight excluding hydrogens is 366 g/mol. The second-order valence-electron chi connectivity index (χ2n) is 7.42. The van der Waals surface area contributed by atoms with Gasteiger partial charge in [0.1, 0.15) is 11.6 Å². The third-order valence-electron chi connectivity index (χ3n) is 5.87. The van der Waals surface area contributed by atoms with Gasteiger partial charge in [-0.2, -0.15) is 0 Å². The number of hydrogen-bond acceptors (Lipinski definition) is 3. The first-order valence-electron chi connectivity index (χ1n) is 9.41. The van der Waals surface area contributed by atoms with Crippen molar-refractivity contribution in [2.24, 2.45) is 28.7 Å². The van der Waals surface area contributed by atoms with Gasteiger partial charge >= 0.3 is 0 Å². The molecule has 1 aromatic carbocycles. The van der Waals surface area contributed by atoms with Crippen molar-refractivity contribution in [1.29, 1.82) is 0 Å². The molecule has 0 spiro atoms. The van der Waals surface area contributed by atoms with Gasteiger partial charge in [0.15, 0.2) is 5.96 Å². The zero-order valence-electron chi connectivity index (χ0n) is 15.5. The van der Waals surface area contributed by atoms with Crippen LogP contribution in [-0.2, 0) is 16.1 Å². The van der Waals surface area contributed by atoms with Crippen LogP contribution < -0.4 is 10.6 Å². The van der Waals surface area contributed by atoms with Crippen LogP contribution in [0.1, 0.15) is 12.0 Å². The SMILES string of the molecule is CN=C(NCCN1C(=O)C2C3C=CC(C3)C2C1=O)NCc1ccc(F)cc1F. The summed E-state index contributed by atoms with van der Waals surface area (Å²) >= 11 is 0. The first kappa shape index (κ1) is 18.6. The molecule has 0 radical (unpaired) electrons. The average molecular weight is 388 g/mol. The minimum absolute atomic E-state index is 0.0787. The molecule has 2 N–H and O–H groups in total. The fourth-order valence-corrected chi connectivity index (χ4v) is 4.54. The van der Waals surface area contributed by atoms with Gasteiger partial charge in [-0.05, 0) is 24.3 Å². The Balaban J connectivity index is 1.28. The van der Waals surface area contributed by atoms with Gasteiger partial charge in [-0.25, -0.2) is 8.78 Å². The van der Waals surface area contributed by atoms with Gasteiger partial charge in [0.05, 0.1) is 11.8 Å². The Hall–Kier alpha value is -2.77. The number of halogens is 2. The molecule has 1 aliphatic heterocycles. The summed E-state index contributed by atoms with van der Waals surface area (Å²) in [6, 6.07) is 3.39. The number of benzene rings is 1. The van der Waals surface area contributed by atoms with Crippen molar-refractivity contribution in [2.75, 3.05) is 20.1 Å². The van der Waals surface area contributed by atoms with E-state index in [1.165, 1.54) is 17.0 Å². The zero-order valence-corrected chi connectivity index (χ0v) is 15.5. The summed E-state index contributed by atoms with van der Waals surface area (Å²) in [7, 11) is 1.57. The van der Waals surface area contributed by atoms with Crippen LogP contribution >= 0.6 is 0 Å². The van der Waals surface area contributed by atoms with Gasteiger partial charge in [0, 0.05) is 38.3 Å². The molecule has 2 bridgehead atoms.